The molecule has 1 aromatic carbocycles. The van der Waals surface area contributed by atoms with Crippen molar-refractivity contribution in [3.63, 3.8) is 0 Å². The number of primary amides is 1. The Balaban J connectivity index is 2.92. The van der Waals surface area contributed by atoms with E-state index in [4.69, 9.17) is 10.5 Å². The molecule has 0 aliphatic carbocycles. The number of nitrogens with one attached hydrogen (secondary N) is 1. The van der Waals surface area contributed by atoms with Gasteiger partial charge in [0.25, 0.3) is 5.91 Å². The van der Waals surface area contributed by atoms with Gasteiger partial charge in [-0.3, -0.25) is 9.59 Å². The summed E-state index contributed by atoms with van der Waals surface area (Å²) in [6, 6.07) is 6.84. The SMILES string of the molecule is COC(=O)/C(Cc1ccc(C(=O)NCC(N)=O)cc1)=C(\C)C(C)C. The van der Waals surface area contributed by atoms with E-state index in [0.29, 0.717) is 17.6 Å². The van der Waals surface area contributed by atoms with Crippen LogP contribution in [0, 0.1) is 5.92 Å². The molecule has 3 N–H and O–H groups in total. The molecule has 130 valence electrons. The fourth-order valence-electron chi connectivity index (χ4n) is 2.09. The summed E-state index contributed by atoms with van der Waals surface area (Å²) >= 11 is 0. The summed E-state index contributed by atoms with van der Waals surface area (Å²) in [4.78, 5) is 34.5. The molecule has 6 heteroatoms. The fourth-order valence-corrected chi connectivity index (χ4v) is 2.09. The number of ether oxygens (including phenoxy) is 1. The van der Waals surface area contributed by atoms with Crippen LogP contribution in [0.4, 0.5) is 0 Å². The smallest absolute Gasteiger partial charge is 0.334 e. The number of hydrogen-bond acceptors (Lipinski definition) is 4. The Hall–Kier alpha value is -2.63. The zero-order chi connectivity index (χ0) is 18.3. The maximum atomic E-state index is 12.0. The highest BCUT2D eigenvalue weighted by molar-refractivity contribution is 5.96. The molecular weight excluding hydrogens is 308 g/mol. The molecule has 0 spiro atoms. The molecule has 0 saturated carbocycles. The molecule has 0 aliphatic heterocycles. The third kappa shape index (κ3) is 5.53. The molecule has 6 nitrogen and oxygen atoms in total. The van der Waals surface area contributed by atoms with E-state index in [2.05, 4.69) is 5.32 Å². The number of esters is 1. The molecule has 0 fully saturated rings. The number of rotatable bonds is 7. The lowest BCUT2D eigenvalue weighted by atomic mass is 9.94. The van der Waals surface area contributed by atoms with Crippen molar-refractivity contribution in [2.24, 2.45) is 11.7 Å². The predicted molar refractivity (Wildman–Crippen MR) is 91.2 cm³/mol. The summed E-state index contributed by atoms with van der Waals surface area (Å²) in [6.45, 7) is 5.75. The predicted octanol–water partition coefficient (Wildman–Crippen LogP) is 1.59. The van der Waals surface area contributed by atoms with E-state index in [1.54, 1.807) is 24.3 Å². The first-order chi connectivity index (χ1) is 11.3. The molecule has 0 unspecified atom stereocenters. The summed E-state index contributed by atoms with van der Waals surface area (Å²) in [7, 11) is 1.36. The number of hydrogen-bond donors (Lipinski definition) is 2. The van der Waals surface area contributed by atoms with Crippen LogP contribution in [0.2, 0.25) is 0 Å². The van der Waals surface area contributed by atoms with E-state index < -0.39 is 5.91 Å². The fraction of sp³-hybridized carbons (Fsp3) is 0.389. The lowest BCUT2D eigenvalue weighted by molar-refractivity contribution is -0.136. The van der Waals surface area contributed by atoms with Gasteiger partial charge >= 0.3 is 5.97 Å². The molecule has 0 bridgehead atoms. The number of carbonyl (C=O) groups excluding carboxylic acids is 3. The Kier molecular flexibility index (Phi) is 7.17. The molecular formula is C18H24N2O4. The van der Waals surface area contributed by atoms with E-state index >= 15 is 0 Å². The van der Waals surface area contributed by atoms with Crippen LogP contribution in [0.15, 0.2) is 35.4 Å². The van der Waals surface area contributed by atoms with Crippen molar-refractivity contribution in [2.45, 2.75) is 27.2 Å². The van der Waals surface area contributed by atoms with Gasteiger partial charge in [-0.1, -0.05) is 31.6 Å². The average molecular weight is 332 g/mol. The quantitative estimate of drug-likeness (QED) is 0.585. The van der Waals surface area contributed by atoms with Gasteiger partial charge < -0.3 is 15.8 Å². The van der Waals surface area contributed by atoms with Gasteiger partial charge in [-0.25, -0.2) is 4.79 Å². The minimum Gasteiger partial charge on any atom is -0.466 e. The van der Waals surface area contributed by atoms with Gasteiger partial charge in [0.15, 0.2) is 0 Å². The Morgan fingerprint density at radius 2 is 1.75 bits per heavy atom. The third-order valence-electron chi connectivity index (χ3n) is 3.79. The number of amides is 2. The van der Waals surface area contributed by atoms with Crippen molar-refractivity contribution in [1.82, 2.24) is 5.32 Å². The van der Waals surface area contributed by atoms with Gasteiger partial charge in [0.1, 0.15) is 0 Å². The average Bonchev–Trinajstić information content (AvgIpc) is 2.56. The molecule has 0 atom stereocenters. The Labute approximate surface area is 142 Å². The normalized spacial score (nSPS) is 11.7. The zero-order valence-corrected chi connectivity index (χ0v) is 14.5. The first-order valence-electron chi connectivity index (χ1n) is 7.69. The maximum absolute atomic E-state index is 12.0. The third-order valence-corrected chi connectivity index (χ3v) is 3.79. The lowest BCUT2D eigenvalue weighted by Gasteiger charge is -2.13. The van der Waals surface area contributed by atoms with Gasteiger partial charge in [0.2, 0.25) is 5.91 Å². The van der Waals surface area contributed by atoms with Crippen LogP contribution >= 0.6 is 0 Å². The lowest BCUT2D eigenvalue weighted by Crippen LogP contribution is -2.33. The molecule has 0 radical (unpaired) electrons. The first kappa shape index (κ1) is 19.4. The second-order valence-electron chi connectivity index (χ2n) is 5.83. The highest BCUT2D eigenvalue weighted by Crippen LogP contribution is 2.20. The summed E-state index contributed by atoms with van der Waals surface area (Å²) in [5, 5.41) is 2.42. The minimum absolute atomic E-state index is 0.205. The maximum Gasteiger partial charge on any atom is 0.334 e. The van der Waals surface area contributed by atoms with E-state index in [-0.39, 0.29) is 24.3 Å². The highest BCUT2D eigenvalue weighted by Gasteiger charge is 2.16. The summed E-state index contributed by atoms with van der Waals surface area (Å²) < 4.78 is 4.87. The van der Waals surface area contributed by atoms with Gasteiger partial charge in [-0.2, -0.15) is 0 Å². The number of benzene rings is 1. The standard InChI is InChI=1S/C18H24N2O4/c1-11(2)12(3)15(18(23)24-4)9-13-5-7-14(8-6-13)17(22)20-10-16(19)21/h5-8,11H,9-10H2,1-4H3,(H2,19,21)(H,20,22)/b15-12+. The molecule has 0 heterocycles. The van der Waals surface area contributed by atoms with Crippen LogP contribution in [-0.2, 0) is 20.7 Å². The van der Waals surface area contributed by atoms with Crippen LogP contribution in [0.5, 0.6) is 0 Å². The Morgan fingerprint density at radius 1 is 1.17 bits per heavy atom. The number of methoxy groups -OCH3 is 1. The van der Waals surface area contributed by atoms with Crippen LogP contribution in [0.25, 0.3) is 0 Å². The molecule has 1 rings (SSSR count). The van der Waals surface area contributed by atoms with Gasteiger partial charge in [-0.15, -0.1) is 0 Å². The van der Waals surface area contributed by atoms with Gasteiger partial charge in [0, 0.05) is 17.6 Å². The van der Waals surface area contributed by atoms with Crippen LogP contribution in [0.1, 0.15) is 36.7 Å². The van der Waals surface area contributed by atoms with Crippen molar-refractivity contribution < 1.29 is 19.1 Å². The van der Waals surface area contributed by atoms with Crippen molar-refractivity contribution >= 4 is 17.8 Å². The van der Waals surface area contributed by atoms with Crippen molar-refractivity contribution in [2.75, 3.05) is 13.7 Å². The zero-order valence-electron chi connectivity index (χ0n) is 14.5. The van der Waals surface area contributed by atoms with Crippen molar-refractivity contribution in [3.05, 3.63) is 46.5 Å². The van der Waals surface area contributed by atoms with Crippen LogP contribution in [-0.4, -0.2) is 31.4 Å². The van der Waals surface area contributed by atoms with Crippen molar-refractivity contribution in [3.8, 4) is 0 Å². The molecule has 0 saturated heterocycles. The van der Waals surface area contributed by atoms with E-state index in [1.807, 2.05) is 20.8 Å². The molecule has 24 heavy (non-hydrogen) atoms. The van der Waals surface area contributed by atoms with Gasteiger partial charge in [-0.05, 0) is 30.5 Å². The van der Waals surface area contributed by atoms with Crippen molar-refractivity contribution in [1.29, 1.82) is 0 Å². The Bertz CT molecular complexity index is 645. The minimum atomic E-state index is -0.600. The van der Waals surface area contributed by atoms with E-state index in [9.17, 15) is 14.4 Å². The summed E-state index contributed by atoms with van der Waals surface area (Å²) in [5.74, 6) is -1.08. The highest BCUT2D eigenvalue weighted by atomic mass is 16.5. The first-order valence-corrected chi connectivity index (χ1v) is 7.69. The largest absolute Gasteiger partial charge is 0.466 e. The topological polar surface area (TPSA) is 98.5 Å². The second kappa shape index (κ2) is 8.86. The van der Waals surface area contributed by atoms with E-state index in [1.165, 1.54) is 7.11 Å². The number of allylic oxidation sites excluding steroid dienone is 1. The molecule has 0 aromatic heterocycles. The monoisotopic (exact) mass is 332 g/mol. The van der Waals surface area contributed by atoms with Crippen LogP contribution in [0.3, 0.4) is 0 Å². The molecule has 1 aromatic rings. The number of nitrogens with two attached hydrogens (primary N) is 1. The van der Waals surface area contributed by atoms with E-state index in [0.717, 1.165) is 11.1 Å². The van der Waals surface area contributed by atoms with Gasteiger partial charge in [0.05, 0.1) is 13.7 Å². The molecule has 0 aliphatic rings. The summed E-state index contributed by atoms with van der Waals surface area (Å²) in [5.41, 5.74) is 7.90. The Morgan fingerprint density at radius 3 is 2.21 bits per heavy atom. The summed E-state index contributed by atoms with van der Waals surface area (Å²) in [6.07, 6.45) is 0.430. The number of carbonyl (C=O) groups is 3. The second-order valence-corrected chi connectivity index (χ2v) is 5.83. The molecule has 2 amide bonds. The van der Waals surface area contributed by atoms with Crippen LogP contribution < -0.4 is 11.1 Å².